The largest absolute Gasteiger partial charge is 0.377 e. The van der Waals surface area contributed by atoms with E-state index in [-0.39, 0.29) is 0 Å². The molecule has 0 radical (unpaired) electrons. The van der Waals surface area contributed by atoms with Crippen LogP contribution in [0.25, 0.3) is 5.69 Å². The minimum Gasteiger partial charge on any atom is -0.377 e. The molecular formula is C14H19N5OS. The van der Waals surface area contributed by atoms with E-state index in [2.05, 4.69) is 20.8 Å². The third-order valence-electron chi connectivity index (χ3n) is 3.35. The molecule has 0 amide bonds. The third kappa shape index (κ3) is 4.03. The van der Waals surface area contributed by atoms with Gasteiger partial charge in [-0.1, -0.05) is 30.0 Å². The fourth-order valence-electron chi connectivity index (χ4n) is 2.28. The molecule has 1 fully saturated rings. The van der Waals surface area contributed by atoms with Crippen molar-refractivity contribution in [1.82, 2.24) is 25.5 Å². The van der Waals surface area contributed by atoms with Crippen LogP contribution in [-0.4, -0.2) is 51.8 Å². The summed E-state index contributed by atoms with van der Waals surface area (Å²) in [7, 11) is 0. The first-order chi connectivity index (χ1) is 10.4. The second-order valence-electron chi connectivity index (χ2n) is 4.90. The first kappa shape index (κ1) is 14.5. The summed E-state index contributed by atoms with van der Waals surface area (Å²) in [5.41, 5.74) is 0.984. The number of nitrogens with one attached hydrogen (secondary N) is 1. The summed E-state index contributed by atoms with van der Waals surface area (Å²) >= 11 is 1.65. The number of hydrogen-bond donors (Lipinski definition) is 1. The Kier molecular flexibility index (Phi) is 5.20. The van der Waals surface area contributed by atoms with Gasteiger partial charge >= 0.3 is 0 Å². The van der Waals surface area contributed by atoms with E-state index in [0.29, 0.717) is 6.10 Å². The molecule has 1 atom stereocenters. The minimum absolute atomic E-state index is 0.393. The summed E-state index contributed by atoms with van der Waals surface area (Å²) in [4.78, 5) is 0. The van der Waals surface area contributed by atoms with Gasteiger partial charge < -0.3 is 10.1 Å². The summed E-state index contributed by atoms with van der Waals surface area (Å²) in [6.45, 7) is 2.77. The van der Waals surface area contributed by atoms with Crippen molar-refractivity contribution in [3.8, 4) is 5.69 Å². The molecule has 0 saturated carbocycles. The van der Waals surface area contributed by atoms with E-state index in [1.807, 2.05) is 30.3 Å². The van der Waals surface area contributed by atoms with Gasteiger partial charge in [-0.05, 0) is 35.4 Å². The Bertz CT molecular complexity index is 541. The monoisotopic (exact) mass is 305 g/mol. The van der Waals surface area contributed by atoms with Gasteiger partial charge in [0.15, 0.2) is 0 Å². The van der Waals surface area contributed by atoms with Gasteiger partial charge in [0.2, 0.25) is 5.16 Å². The summed E-state index contributed by atoms with van der Waals surface area (Å²) in [6.07, 6.45) is 2.75. The highest BCUT2D eigenvalue weighted by Gasteiger charge is 2.14. The quantitative estimate of drug-likeness (QED) is 0.618. The fourth-order valence-corrected chi connectivity index (χ4v) is 3.07. The molecule has 6 nitrogen and oxygen atoms in total. The molecule has 1 unspecified atom stereocenters. The SMILES string of the molecule is c1ccc(-n2nnnc2SCCNCC2CCCO2)cc1. The van der Waals surface area contributed by atoms with Crippen LogP contribution >= 0.6 is 11.8 Å². The van der Waals surface area contributed by atoms with Gasteiger partial charge in [0.1, 0.15) is 0 Å². The second-order valence-corrected chi connectivity index (χ2v) is 5.96. The molecule has 112 valence electrons. The Labute approximate surface area is 128 Å². The number of nitrogens with zero attached hydrogens (tertiary/aromatic N) is 4. The molecule has 1 aromatic carbocycles. The van der Waals surface area contributed by atoms with E-state index >= 15 is 0 Å². The van der Waals surface area contributed by atoms with E-state index < -0.39 is 0 Å². The number of ether oxygens (including phenoxy) is 1. The van der Waals surface area contributed by atoms with Crippen molar-refractivity contribution in [2.45, 2.75) is 24.1 Å². The Balaban J connectivity index is 1.44. The van der Waals surface area contributed by atoms with Crippen LogP contribution in [0.2, 0.25) is 0 Å². The van der Waals surface area contributed by atoms with E-state index in [1.165, 1.54) is 12.8 Å². The average molecular weight is 305 g/mol. The zero-order valence-electron chi connectivity index (χ0n) is 11.8. The highest BCUT2D eigenvalue weighted by atomic mass is 32.2. The zero-order valence-corrected chi connectivity index (χ0v) is 12.6. The predicted octanol–water partition coefficient (Wildman–Crippen LogP) is 1.52. The maximum atomic E-state index is 5.58. The normalized spacial score (nSPS) is 18.2. The molecule has 2 aromatic rings. The molecule has 1 aromatic heterocycles. The first-order valence-corrected chi connectivity index (χ1v) is 8.21. The maximum absolute atomic E-state index is 5.58. The molecule has 1 saturated heterocycles. The highest BCUT2D eigenvalue weighted by Crippen LogP contribution is 2.17. The lowest BCUT2D eigenvalue weighted by molar-refractivity contribution is 0.110. The van der Waals surface area contributed by atoms with Gasteiger partial charge in [0, 0.05) is 25.4 Å². The van der Waals surface area contributed by atoms with E-state index in [4.69, 9.17) is 4.74 Å². The molecule has 0 aliphatic carbocycles. The second kappa shape index (κ2) is 7.53. The number of aromatic nitrogens is 4. The predicted molar refractivity (Wildman–Crippen MR) is 81.7 cm³/mol. The Hall–Kier alpha value is -1.44. The fraction of sp³-hybridized carbons (Fsp3) is 0.500. The molecule has 2 heterocycles. The van der Waals surface area contributed by atoms with Crippen LogP contribution in [0, 0.1) is 0 Å². The lowest BCUT2D eigenvalue weighted by Gasteiger charge is -2.10. The number of thioether (sulfide) groups is 1. The molecule has 21 heavy (non-hydrogen) atoms. The van der Waals surface area contributed by atoms with Gasteiger partial charge in [-0.25, -0.2) is 0 Å². The molecule has 7 heteroatoms. The number of hydrogen-bond acceptors (Lipinski definition) is 6. The molecule has 1 N–H and O–H groups in total. The molecule has 3 rings (SSSR count). The summed E-state index contributed by atoms with van der Waals surface area (Å²) < 4.78 is 7.35. The number of para-hydroxylation sites is 1. The average Bonchev–Trinajstić information content (AvgIpc) is 3.19. The number of tetrazole rings is 1. The van der Waals surface area contributed by atoms with Crippen molar-refractivity contribution < 1.29 is 4.74 Å². The lowest BCUT2D eigenvalue weighted by atomic mass is 10.2. The molecule has 0 bridgehead atoms. The van der Waals surface area contributed by atoms with Gasteiger partial charge in [-0.3, -0.25) is 0 Å². The van der Waals surface area contributed by atoms with Crippen molar-refractivity contribution in [2.24, 2.45) is 0 Å². The van der Waals surface area contributed by atoms with Crippen LogP contribution in [0.5, 0.6) is 0 Å². The Morgan fingerprint density at radius 1 is 1.33 bits per heavy atom. The van der Waals surface area contributed by atoms with E-state index in [1.54, 1.807) is 16.4 Å². The minimum atomic E-state index is 0.393. The molecule has 1 aliphatic rings. The summed E-state index contributed by atoms with van der Waals surface area (Å²) in [5.74, 6) is 0.930. The zero-order chi connectivity index (χ0) is 14.3. The van der Waals surface area contributed by atoms with Crippen LogP contribution in [0.15, 0.2) is 35.5 Å². The molecule has 0 spiro atoms. The first-order valence-electron chi connectivity index (χ1n) is 7.22. The lowest BCUT2D eigenvalue weighted by Crippen LogP contribution is -2.28. The van der Waals surface area contributed by atoms with Crippen molar-refractivity contribution >= 4 is 11.8 Å². The molecule has 1 aliphatic heterocycles. The van der Waals surface area contributed by atoms with E-state index in [0.717, 1.165) is 36.3 Å². The van der Waals surface area contributed by atoms with Gasteiger partial charge in [0.05, 0.1) is 11.8 Å². The Morgan fingerprint density at radius 2 is 2.24 bits per heavy atom. The van der Waals surface area contributed by atoms with Crippen molar-refractivity contribution in [3.05, 3.63) is 30.3 Å². The third-order valence-corrected chi connectivity index (χ3v) is 4.27. The topological polar surface area (TPSA) is 64.9 Å². The van der Waals surface area contributed by atoms with Crippen LogP contribution in [0.4, 0.5) is 0 Å². The number of benzene rings is 1. The van der Waals surface area contributed by atoms with Gasteiger partial charge in [-0.15, -0.1) is 5.10 Å². The van der Waals surface area contributed by atoms with Crippen LogP contribution < -0.4 is 5.32 Å². The van der Waals surface area contributed by atoms with Gasteiger partial charge in [0.25, 0.3) is 0 Å². The summed E-state index contributed by atoms with van der Waals surface area (Å²) in [6, 6.07) is 9.94. The maximum Gasteiger partial charge on any atom is 0.214 e. The standard InChI is InChI=1S/C14H19N5OS/c1-2-5-12(6-3-1)19-14(16-17-18-19)21-10-8-15-11-13-7-4-9-20-13/h1-3,5-6,13,15H,4,7-11H2. The van der Waals surface area contributed by atoms with Crippen LogP contribution in [0.1, 0.15) is 12.8 Å². The summed E-state index contributed by atoms with van der Waals surface area (Å²) in [5, 5.41) is 16.1. The number of rotatable bonds is 7. The van der Waals surface area contributed by atoms with Crippen molar-refractivity contribution in [2.75, 3.05) is 25.4 Å². The molecular weight excluding hydrogens is 286 g/mol. The smallest absolute Gasteiger partial charge is 0.214 e. The highest BCUT2D eigenvalue weighted by molar-refractivity contribution is 7.99. The van der Waals surface area contributed by atoms with E-state index in [9.17, 15) is 0 Å². The van der Waals surface area contributed by atoms with Crippen molar-refractivity contribution in [3.63, 3.8) is 0 Å². The van der Waals surface area contributed by atoms with Crippen LogP contribution in [0.3, 0.4) is 0 Å². The van der Waals surface area contributed by atoms with Crippen LogP contribution in [-0.2, 0) is 4.74 Å². The van der Waals surface area contributed by atoms with Crippen molar-refractivity contribution in [1.29, 1.82) is 0 Å². The Morgan fingerprint density at radius 3 is 3.05 bits per heavy atom. The van der Waals surface area contributed by atoms with Gasteiger partial charge in [-0.2, -0.15) is 4.68 Å².